The number of nitriles is 1. The summed E-state index contributed by atoms with van der Waals surface area (Å²) in [5.41, 5.74) is 1.60. The van der Waals surface area contributed by atoms with Gasteiger partial charge in [0.1, 0.15) is 6.07 Å². The number of nitro groups is 1. The Morgan fingerprint density at radius 2 is 2.12 bits per heavy atom. The van der Waals surface area contributed by atoms with E-state index in [0.717, 1.165) is 12.8 Å². The largest absolute Gasteiger partial charge is 0.370 e. The second kappa shape index (κ2) is 7.32. The van der Waals surface area contributed by atoms with Crippen LogP contribution >= 0.6 is 11.3 Å². The lowest BCUT2D eigenvalue weighted by Gasteiger charge is -2.34. The Morgan fingerprint density at radius 3 is 2.72 bits per heavy atom. The predicted octanol–water partition coefficient (Wildman–Crippen LogP) is 2.93. The number of carbonyl (C=O) groups excluding carboxylic acids is 1. The third-order valence-corrected chi connectivity index (χ3v) is 4.95. The zero-order chi connectivity index (χ0) is 17.8. The number of piperidine rings is 1. The maximum atomic E-state index is 12.1. The van der Waals surface area contributed by atoms with Crippen LogP contribution in [-0.2, 0) is 0 Å². The average molecular weight is 356 g/mol. The Kier molecular flexibility index (Phi) is 4.95. The molecule has 0 bridgehead atoms. The molecule has 1 saturated heterocycles. The highest BCUT2D eigenvalue weighted by Gasteiger charge is 2.23. The number of non-ortho nitro benzene ring substituents is 1. The number of hydrogen-bond acceptors (Lipinski definition) is 6. The molecule has 0 atom stereocenters. The first-order valence-electron chi connectivity index (χ1n) is 7.85. The number of anilines is 1. The summed E-state index contributed by atoms with van der Waals surface area (Å²) in [4.78, 5) is 24.5. The number of nitrogens with one attached hydrogen (secondary N) is 1. The molecule has 3 rings (SSSR count). The summed E-state index contributed by atoms with van der Waals surface area (Å²) in [5.74, 6) is -0.0623. The van der Waals surface area contributed by atoms with E-state index >= 15 is 0 Å². The molecular weight excluding hydrogens is 340 g/mol. The van der Waals surface area contributed by atoms with Gasteiger partial charge in [0.15, 0.2) is 0 Å². The quantitative estimate of drug-likeness (QED) is 0.671. The second-order valence-corrected chi connectivity index (χ2v) is 6.60. The molecule has 0 unspecified atom stereocenters. The first-order chi connectivity index (χ1) is 12.1. The van der Waals surface area contributed by atoms with Gasteiger partial charge in [-0.1, -0.05) is 0 Å². The molecule has 1 N–H and O–H groups in total. The van der Waals surface area contributed by atoms with Crippen LogP contribution in [0, 0.1) is 21.4 Å². The molecule has 1 fully saturated rings. The highest BCUT2D eigenvalue weighted by Crippen LogP contribution is 2.27. The summed E-state index contributed by atoms with van der Waals surface area (Å²) in [5, 5.41) is 26.8. The average Bonchev–Trinajstić information content (AvgIpc) is 3.16. The molecule has 2 heterocycles. The Balaban J connectivity index is 1.63. The zero-order valence-corrected chi connectivity index (χ0v) is 14.2. The molecule has 0 aliphatic carbocycles. The summed E-state index contributed by atoms with van der Waals surface area (Å²) in [6.07, 6.45) is 1.52. The maximum absolute atomic E-state index is 12.1. The van der Waals surface area contributed by atoms with Crippen LogP contribution in [0.1, 0.15) is 28.8 Å². The third kappa shape index (κ3) is 3.78. The fourth-order valence-electron chi connectivity index (χ4n) is 2.93. The lowest BCUT2D eigenvalue weighted by atomic mass is 10.0. The molecule has 1 aromatic carbocycles. The van der Waals surface area contributed by atoms with Crippen molar-refractivity contribution in [3.05, 3.63) is 56.3 Å². The van der Waals surface area contributed by atoms with Crippen molar-refractivity contribution in [2.45, 2.75) is 18.9 Å². The van der Waals surface area contributed by atoms with Gasteiger partial charge in [-0.2, -0.15) is 16.6 Å². The highest BCUT2D eigenvalue weighted by atomic mass is 32.1. The van der Waals surface area contributed by atoms with E-state index in [1.54, 1.807) is 12.1 Å². The molecule has 1 aromatic heterocycles. The van der Waals surface area contributed by atoms with Gasteiger partial charge in [-0.15, -0.1) is 0 Å². The van der Waals surface area contributed by atoms with Gasteiger partial charge in [-0.05, 0) is 30.4 Å². The zero-order valence-electron chi connectivity index (χ0n) is 13.3. The Labute approximate surface area is 148 Å². The van der Waals surface area contributed by atoms with E-state index in [1.807, 2.05) is 21.7 Å². The van der Waals surface area contributed by atoms with Gasteiger partial charge in [0.2, 0.25) is 0 Å². The van der Waals surface area contributed by atoms with E-state index in [0.29, 0.717) is 29.9 Å². The number of amides is 1. The van der Waals surface area contributed by atoms with E-state index in [1.165, 1.54) is 23.5 Å². The summed E-state index contributed by atoms with van der Waals surface area (Å²) in [7, 11) is 0. The van der Waals surface area contributed by atoms with E-state index in [2.05, 4.69) is 5.32 Å². The van der Waals surface area contributed by atoms with Crippen molar-refractivity contribution in [3.63, 3.8) is 0 Å². The molecule has 0 saturated carbocycles. The minimum absolute atomic E-state index is 0.0623. The molecule has 7 nitrogen and oxygen atoms in total. The summed E-state index contributed by atoms with van der Waals surface area (Å²) >= 11 is 1.49. The van der Waals surface area contributed by atoms with Crippen molar-refractivity contribution in [2.75, 3.05) is 18.0 Å². The monoisotopic (exact) mass is 356 g/mol. The molecule has 1 aliphatic heterocycles. The fraction of sp³-hybridized carbons (Fsp3) is 0.294. The maximum Gasteiger partial charge on any atom is 0.270 e. The van der Waals surface area contributed by atoms with Crippen LogP contribution in [0.4, 0.5) is 11.4 Å². The number of hydrogen-bond donors (Lipinski definition) is 1. The van der Waals surface area contributed by atoms with E-state index in [4.69, 9.17) is 0 Å². The Bertz CT molecular complexity index is 821. The van der Waals surface area contributed by atoms with Gasteiger partial charge in [-0.3, -0.25) is 14.9 Å². The number of nitro benzene ring substituents is 1. The van der Waals surface area contributed by atoms with Crippen molar-refractivity contribution in [2.24, 2.45) is 0 Å². The van der Waals surface area contributed by atoms with Gasteiger partial charge in [0, 0.05) is 42.2 Å². The van der Waals surface area contributed by atoms with Crippen LogP contribution in [0.15, 0.2) is 35.0 Å². The van der Waals surface area contributed by atoms with Gasteiger partial charge >= 0.3 is 0 Å². The lowest BCUT2D eigenvalue weighted by Crippen LogP contribution is -2.44. The standard InChI is InChI=1S/C17H16N4O3S/c18-10-13-9-15(21(23)24)1-2-16(13)20-6-3-14(4-7-20)19-17(22)12-5-8-25-11-12/h1-2,5,8-9,11,14H,3-4,6-7H2,(H,19,22). The van der Waals surface area contributed by atoms with Crippen LogP contribution in [-0.4, -0.2) is 30.0 Å². The van der Waals surface area contributed by atoms with Crippen molar-refractivity contribution >= 4 is 28.6 Å². The molecule has 8 heteroatoms. The summed E-state index contributed by atoms with van der Waals surface area (Å²) in [6.45, 7) is 1.36. The summed E-state index contributed by atoms with van der Waals surface area (Å²) < 4.78 is 0. The SMILES string of the molecule is N#Cc1cc([N+](=O)[O-])ccc1N1CCC(NC(=O)c2ccsc2)CC1. The smallest absolute Gasteiger partial charge is 0.270 e. The van der Waals surface area contributed by atoms with Gasteiger partial charge in [-0.25, -0.2) is 0 Å². The van der Waals surface area contributed by atoms with Crippen LogP contribution in [0.25, 0.3) is 0 Å². The minimum Gasteiger partial charge on any atom is -0.370 e. The predicted molar refractivity (Wildman–Crippen MR) is 94.8 cm³/mol. The molecule has 0 radical (unpaired) electrons. The minimum atomic E-state index is -0.503. The fourth-order valence-corrected chi connectivity index (χ4v) is 3.57. The second-order valence-electron chi connectivity index (χ2n) is 5.82. The van der Waals surface area contributed by atoms with Crippen LogP contribution in [0.5, 0.6) is 0 Å². The molecule has 1 amide bonds. The molecule has 1 aliphatic rings. The van der Waals surface area contributed by atoms with Crippen LogP contribution in [0.2, 0.25) is 0 Å². The normalized spacial score (nSPS) is 14.8. The van der Waals surface area contributed by atoms with Gasteiger partial charge in [0.05, 0.1) is 16.2 Å². The number of benzene rings is 1. The van der Waals surface area contributed by atoms with E-state index < -0.39 is 4.92 Å². The Hall–Kier alpha value is -2.92. The first-order valence-corrected chi connectivity index (χ1v) is 8.79. The van der Waals surface area contributed by atoms with Gasteiger partial charge in [0.25, 0.3) is 11.6 Å². The van der Waals surface area contributed by atoms with Crippen molar-refractivity contribution in [1.29, 1.82) is 5.26 Å². The lowest BCUT2D eigenvalue weighted by molar-refractivity contribution is -0.384. The molecule has 25 heavy (non-hydrogen) atoms. The van der Waals surface area contributed by atoms with Crippen LogP contribution in [0.3, 0.4) is 0 Å². The Morgan fingerprint density at radius 1 is 1.36 bits per heavy atom. The van der Waals surface area contributed by atoms with Crippen molar-refractivity contribution < 1.29 is 9.72 Å². The van der Waals surface area contributed by atoms with E-state index in [-0.39, 0.29) is 17.6 Å². The highest BCUT2D eigenvalue weighted by molar-refractivity contribution is 7.08. The third-order valence-electron chi connectivity index (χ3n) is 4.27. The number of rotatable bonds is 4. The van der Waals surface area contributed by atoms with Gasteiger partial charge < -0.3 is 10.2 Å². The molecular formula is C17H16N4O3S. The van der Waals surface area contributed by atoms with E-state index in [9.17, 15) is 20.2 Å². The first kappa shape index (κ1) is 16.9. The van der Waals surface area contributed by atoms with Crippen molar-refractivity contribution in [1.82, 2.24) is 5.32 Å². The molecule has 128 valence electrons. The molecule has 2 aromatic rings. The van der Waals surface area contributed by atoms with Crippen molar-refractivity contribution in [3.8, 4) is 6.07 Å². The number of nitrogens with zero attached hydrogens (tertiary/aromatic N) is 3. The number of carbonyl (C=O) groups is 1. The topological polar surface area (TPSA) is 99.3 Å². The number of thiophene rings is 1. The summed E-state index contributed by atoms with van der Waals surface area (Å²) in [6, 6.07) is 8.27. The van der Waals surface area contributed by atoms with Crippen LogP contribution < -0.4 is 10.2 Å². The molecule has 0 spiro atoms.